The second-order valence-corrected chi connectivity index (χ2v) is 22.4. The van der Waals surface area contributed by atoms with E-state index in [1.807, 2.05) is 30.3 Å². The molecule has 0 spiro atoms. The van der Waals surface area contributed by atoms with Crippen LogP contribution in [0.1, 0.15) is 105 Å². The quantitative estimate of drug-likeness (QED) is 0.0771. The second-order valence-electron chi connectivity index (χ2n) is 22.4. The van der Waals surface area contributed by atoms with Gasteiger partial charge in [-0.2, -0.15) is 0 Å². The number of phenolic OH excluding ortho intramolecular Hbond substituents is 1. The number of halogens is 2. The number of nitrogens with one attached hydrogen (secondary N) is 3. The molecule has 476 valence electrons. The average Bonchev–Trinajstić information content (AvgIpc) is 2.49. The molecule has 6 aliphatic rings. The first-order valence-corrected chi connectivity index (χ1v) is 39.5. The number of rotatable bonds is 14. The zero-order valence-electron chi connectivity index (χ0n) is 49.5. The number of phenols is 1. The van der Waals surface area contributed by atoms with Crippen LogP contribution in [0.25, 0.3) is 0 Å². The monoisotopic (exact) mass is 1430 g/mol. The normalized spacial score (nSPS) is 18.2. The van der Waals surface area contributed by atoms with Crippen molar-refractivity contribution in [2.75, 3.05) is 147 Å². The topological polar surface area (TPSA) is 223 Å². The Kier molecular flexibility index (Phi) is 28.3. The summed E-state index contributed by atoms with van der Waals surface area (Å²) in [6.07, 6.45) is 5.91. The summed E-state index contributed by atoms with van der Waals surface area (Å²) in [4.78, 5) is 72.9. The molecule has 3 aromatic carbocycles. The second kappa shape index (κ2) is 35.7. The van der Waals surface area contributed by atoms with E-state index in [9.17, 15) is 23.9 Å². The van der Waals surface area contributed by atoms with E-state index < -0.39 is 0 Å². The van der Waals surface area contributed by atoms with Crippen LogP contribution in [0, 0.1) is 5.82 Å². The Morgan fingerprint density at radius 2 is 0.807 bits per heavy atom. The molecule has 21 nitrogen and oxygen atoms in total. The van der Waals surface area contributed by atoms with E-state index in [-0.39, 0.29) is 49.0 Å². The molecule has 6 saturated heterocycles. The SMILES string of the molecule is C.C.COc1ccc(CN2CCC(c3cc(=O)[nH]c(N4CCOCC4)n3)CC2)cc1.COc1ccc(CN2CCC(c3cc(=O)[nH]c(N4CCOCC4)n3)CC2)cc1O.O=c1cc(C2CCN(Cc3ccc(F)cc3)CC2)nc(N2CCOCC2)[nH]1.[In][I]. The molecule has 0 saturated carbocycles. The van der Waals surface area contributed by atoms with Crippen molar-refractivity contribution in [3.8, 4) is 17.2 Å². The summed E-state index contributed by atoms with van der Waals surface area (Å²) in [5.74, 6) is 4.29. The Bertz CT molecular complexity index is 3210. The Hall–Kier alpha value is -5.61. The van der Waals surface area contributed by atoms with Crippen LogP contribution >= 0.6 is 18.1 Å². The predicted molar refractivity (Wildman–Crippen MR) is 353 cm³/mol. The zero-order chi connectivity index (χ0) is 60.2. The molecule has 0 amide bonds. The van der Waals surface area contributed by atoms with E-state index in [0.29, 0.717) is 75.1 Å². The van der Waals surface area contributed by atoms with Crippen LogP contribution in [-0.4, -0.2) is 202 Å². The number of morpholine rings is 3. The van der Waals surface area contributed by atoms with Crippen LogP contribution in [-0.2, 0) is 33.8 Å². The van der Waals surface area contributed by atoms with Gasteiger partial charge in [-0.1, -0.05) is 45.2 Å². The number of hydrogen-bond acceptors (Lipinski definition) is 18. The van der Waals surface area contributed by atoms with Crippen molar-refractivity contribution in [1.29, 1.82) is 0 Å². The first kappa shape index (κ1) is 69.9. The maximum absolute atomic E-state index is 13.0. The van der Waals surface area contributed by atoms with Gasteiger partial charge in [0, 0.05) is 94.9 Å². The molecule has 88 heavy (non-hydrogen) atoms. The molecule has 2 radical (unpaired) electrons. The summed E-state index contributed by atoms with van der Waals surface area (Å²) in [6.45, 7) is 16.9. The molecule has 6 aromatic rings. The van der Waals surface area contributed by atoms with Gasteiger partial charge in [0.05, 0.1) is 70.9 Å². The predicted octanol–water partition coefficient (Wildman–Crippen LogP) is 7.60. The number of likely N-dealkylation sites (tertiary alicyclic amines) is 3. The number of aromatic hydroxyl groups is 1. The van der Waals surface area contributed by atoms with Crippen LogP contribution in [0.15, 0.2) is 99.3 Å². The molecular weight excluding hydrogens is 1340 g/mol. The van der Waals surface area contributed by atoms with Gasteiger partial charge < -0.3 is 43.5 Å². The van der Waals surface area contributed by atoms with Crippen LogP contribution in [0.4, 0.5) is 22.2 Å². The van der Waals surface area contributed by atoms with Gasteiger partial charge in [0.2, 0.25) is 17.8 Å². The first-order valence-electron chi connectivity index (χ1n) is 29.9. The van der Waals surface area contributed by atoms with Crippen molar-refractivity contribution in [3.05, 3.63) is 156 Å². The van der Waals surface area contributed by atoms with E-state index in [1.54, 1.807) is 44.6 Å². The molecule has 9 heterocycles. The number of H-pyrrole nitrogens is 3. The number of benzene rings is 3. The number of piperidine rings is 3. The maximum atomic E-state index is 13.0. The fourth-order valence-corrected chi connectivity index (χ4v) is 11.9. The fourth-order valence-electron chi connectivity index (χ4n) is 11.9. The number of hydrogen-bond donors (Lipinski definition) is 4. The molecule has 3 aromatic heterocycles. The fraction of sp³-hybridized carbons (Fsp3) is 0.531. The molecule has 0 aliphatic carbocycles. The van der Waals surface area contributed by atoms with Gasteiger partial charge >= 0.3 is 38.4 Å². The van der Waals surface area contributed by atoms with Crippen LogP contribution in [0.5, 0.6) is 17.2 Å². The third-order valence-corrected chi connectivity index (χ3v) is 16.7. The van der Waals surface area contributed by atoms with E-state index in [2.05, 4.69) is 74.6 Å². The molecule has 6 aliphatic heterocycles. The van der Waals surface area contributed by atoms with Gasteiger partial charge in [-0.05, 0) is 131 Å². The average molecular weight is 1430 g/mol. The molecular formula is C64H89FIInN12O9. The number of ether oxygens (including phenoxy) is 5. The van der Waals surface area contributed by atoms with Gasteiger partial charge in [-0.25, -0.2) is 19.3 Å². The number of aromatic nitrogens is 6. The van der Waals surface area contributed by atoms with Crippen molar-refractivity contribution >= 4 is 56.2 Å². The molecule has 0 atom stereocenters. The number of anilines is 3. The Balaban J connectivity index is 0.000000184. The van der Waals surface area contributed by atoms with Crippen molar-refractivity contribution in [1.82, 2.24) is 44.6 Å². The third kappa shape index (κ3) is 20.5. The van der Waals surface area contributed by atoms with Crippen molar-refractivity contribution in [3.63, 3.8) is 0 Å². The summed E-state index contributed by atoms with van der Waals surface area (Å²) >= 11 is 3.60. The molecule has 4 N–H and O–H groups in total. The van der Waals surface area contributed by atoms with Gasteiger partial charge in [0.25, 0.3) is 16.7 Å². The molecule has 6 fully saturated rings. The number of methoxy groups -OCH3 is 2. The Labute approximate surface area is 541 Å². The van der Waals surface area contributed by atoms with Gasteiger partial charge in [0.15, 0.2) is 11.5 Å². The van der Waals surface area contributed by atoms with Crippen LogP contribution in [0.2, 0.25) is 0 Å². The summed E-state index contributed by atoms with van der Waals surface area (Å²) < 4.78 is 39.5. The van der Waals surface area contributed by atoms with Crippen molar-refractivity contribution < 1.29 is 33.2 Å². The number of nitrogens with zero attached hydrogens (tertiary/aromatic N) is 9. The van der Waals surface area contributed by atoms with E-state index >= 15 is 0 Å². The van der Waals surface area contributed by atoms with Crippen LogP contribution in [0.3, 0.4) is 0 Å². The molecule has 0 bridgehead atoms. The summed E-state index contributed by atoms with van der Waals surface area (Å²) in [6, 6.07) is 25.5. The van der Waals surface area contributed by atoms with Crippen molar-refractivity contribution in [2.24, 2.45) is 0 Å². The van der Waals surface area contributed by atoms with Crippen LogP contribution < -0.4 is 40.9 Å². The first-order chi connectivity index (χ1) is 42.0. The Morgan fingerprint density at radius 3 is 1.12 bits per heavy atom. The minimum atomic E-state index is -0.200. The minimum absolute atomic E-state index is 0. The standard InChI is InChI=1S/C21H28N4O4.C21H28N4O3.C20H25FN4O2.2CH4.HI.In/c1-28-19-3-2-15(12-18(19)26)14-24-6-4-16(5-7-24)17-13-20(27)23-21(22-17)25-8-10-29-11-9-25;1-27-18-4-2-16(3-5-18)15-24-8-6-17(7-9-24)19-14-20(26)23-21(22-19)25-10-12-28-13-11-25;21-17-3-1-15(2-4-17)14-24-7-5-16(6-8-24)18-13-19(26)23-20(22-18)25-9-11-27-12-10-25;;;;/h2-3,12-13,16,26H,4-11,14H2,1H3,(H,22,23,27);2-5,14,17H,6-13,15H2,1H3,(H,22,23,26);1-4,13,16H,5-12,14H2,(H,22,23,26);2*1H4;1H;/q;;;;;;+1/p-1. The van der Waals surface area contributed by atoms with E-state index in [4.69, 9.17) is 38.6 Å². The third-order valence-electron chi connectivity index (χ3n) is 16.7. The summed E-state index contributed by atoms with van der Waals surface area (Å²) in [5.41, 5.74) is 5.94. The van der Waals surface area contributed by atoms with E-state index in [1.165, 1.54) is 37.9 Å². The van der Waals surface area contributed by atoms with Gasteiger partial charge in [-0.15, -0.1) is 0 Å². The molecule has 24 heteroatoms. The van der Waals surface area contributed by atoms with Gasteiger partial charge in [-0.3, -0.25) is 44.0 Å². The molecule has 12 rings (SSSR count). The summed E-state index contributed by atoms with van der Waals surface area (Å²) in [5, 5.41) is 9.97. The van der Waals surface area contributed by atoms with Crippen molar-refractivity contribution in [2.45, 2.75) is 90.8 Å². The van der Waals surface area contributed by atoms with Gasteiger partial charge in [0.1, 0.15) is 11.6 Å². The zero-order valence-corrected chi connectivity index (χ0v) is 54.9. The van der Waals surface area contributed by atoms with E-state index in [0.717, 1.165) is 171 Å². The Morgan fingerprint density at radius 1 is 0.489 bits per heavy atom. The summed E-state index contributed by atoms with van der Waals surface area (Å²) in [7, 11) is 3.24. The number of aromatic amines is 3. The molecule has 0 unspecified atom stereocenters.